The molecule has 7 nitrogen and oxygen atoms in total. The van der Waals surface area contributed by atoms with Crippen molar-refractivity contribution in [2.75, 3.05) is 19.1 Å². The molecule has 31 heavy (non-hydrogen) atoms. The number of thiazole rings is 1. The number of benzene rings is 2. The van der Waals surface area contributed by atoms with Crippen LogP contribution < -0.4 is 9.64 Å². The SMILES string of the molecule is COc1ccc(-c2nnc(SCc3csc(N(C)C(C)=O)n3)n2-c2ccccc2)cc1. The molecule has 0 aliphatic rings. The van der Waals surface area contributed by atoms with Crippen LogP contribution in [0.15, 0.2) is 65.1 Å². The molecule has 9 heteroatoms. The number of ether oxygens (including phenoxy) is 1. The molecule has 1 amide bonds. The molecule has 0 N–H and O–H groups in total. The zero-order valence-electron chi connectivity index (χ0n) is 17.3. The van der Waals surface area contributed by atoms with Gasteiger partial charge in [-0.05, 0) is 36.4 Å². The van der Waals surface area contributed by atoms with E-state index in [-0.39, 0.29) is 5.91 Å². The number of nitrogens with zero attached hydrogens (tertiary/aromatic N) is 5. The molecule has 0 atom stereocenters. The van der Waals surface area contributed by atoms with Crippen molar-refractivity contribution >= 4 is 34.1 Å². The topological polar surface area (TPSA) is 73.1 Å². The Balaban J connectivity index is 1.63. The van der Waals surface area contributed by atoms with E-state index in [9.17, 15) is 4.79 Å². The Kier molecular flexibility index (Phi) is 6.34. The highest BCUT2D eigenvalue weighted by Gasteiger charge is 2.17. The fraction of sp³-hybridized carbons (Fsp3) is 0.182. The van der Waals surface area contributed by atoms with Crippen molar-refractivity contribution in [1.29, 1.82) is 0 Å². The second kappa shape index (κ2) is 9.32. The van der Waals surface area contributed by atoms with Gasteiger partial charge in [-0.3, -0.25) is 14.3 Å². The predicted molar refractivity (Wildman–Crippen MR) is 124 cm³/mol. The van der Waals surface area contributed by atoms with Crippen LogP contribution in [0, 0.1) is 0 Å². The van der Waals surface area contributed by atoms with Crippen molar-refractivity contribution in [2.45, 2.75) is 17.8 Å². The number of carbonyl (C=O) groups is 1. The molecule has 4 aromatic rings. The van der Waals surface area contributed by atoms with Crippen LogP contribution in [0.2, 0.25) is 0 Å². The molecule has 4 rings (SSSR count). The van der Waals surface area contributed by atoms with Gasteiger partial charge >= 0.3 is 0 Å². The molecule has 0 saturated carbocycles. The third kappa shape index (κ3) is 4.62. The number of amides is 1. The molecular formula is C22H21N5O2S2. The molecule has 0 aliphatic carbocycles. The largest absolute Gasteiger partial charge is 0.497 e. The van der Waals surface area contributed by atoms with Gasteiger partial charge in [0.2, 0.25) is 5.91 Å². The number of thioether (sulfide) groups is 1. The van der Waals surface area contributed by atoms with Crippen LogP contribution in [-0.2, 0) is 10.5 Å². The minimum Gasteiger partial charge on any atom is -0.497 e. The highest BCUT2D eigenvalue weighted by Crippen LogP contribution is 2.31. The third-order valence-corrected chi connectivity index (χ3v) is 6.57. The number of para-hydroxylation sites is 1. The van der Waals surface area contributed by atoms with Crippen LogP contribution in [0.25, 0.3) is 17.1 Å². The first kappa shape index (κ1) is 21.1. The Bertz CT molecular complexity index is 1170. The maximum Gasteiger partial charge on any atom is 0.225 e. The van der Waals surface area contributed by atoms with Crippen molar-refractivity contribution in [2.24, 2.45) is 0 Å². The molecule has 0 spiro atoms. The van der Waals surface area contributed by atoms with E-state index in [4.69, 9.17) is 4.74 Å². The van der Waals surface area contributed by atoms with E-state index in [1.54, 1.807) is 30.8 Å². The number of aromatic nitrogens is 4. The lowest BCUT2D eigenvalue weighted by Crippen LogP contribution is -2.22. The number of carbonyl (C=O) groups excluding carboxylic acids is 1. The monoisotopic (exact) mass is 451 g/mol. The minimum atomic E-state index is -0.0403. The standard InChI is InChI=1S/C22H21N5O2S2/c1-15(28)26(2)21-23-17(13-30-21)14-31-22-25-24-20(16-9-11-19(29-3)12-10-16)27(22)18-7-5-4-6-8-18/h4-13H,14H2,1-3H3. The smallest absolute Gasteiger partial charge is 0.225 e. The van der Waals surface area contributed by atoms with Gasteiger partial charge in [-0.2, -0.15) is 0 Å². The summed E-state index contributed by atoms with van der Waals surface area (Å²) in [6.07, 6.45) is 0. The highest BCUT2D eigenvalue weighted by molar-refractivity contribution is 7.98. The minimum absolute atomic E-state index is 0.0403. The normalized spacial score (nSPS) is 10.8. The fourth-order valence-corrected chi connectivity index (χ4v) is 4.67. The van der Waals surface area contributed by atoms with Crippen LogP contribution >= 0.6 is 23.1 Å². The van der Waals surface area contributed by atoms with Gasteiger partial charge in [0.1, 0.15) is 5.75 Å². The Labute approximate surface area is 188 Å². The van der Waals surface area contributed by atoms with Gasteiger partial charge in [0.25, 0.3) is 0 Å². The van der Waals surface area contributed by atoms with E-state index < -0.39 is 0 Å². The van der Waals surface area contributed by atoms with Crippen molar-refractivity contribution in [3.63, 3.8) is 0 Å². The van der Waals surface area contributed by atoms with Crippen molar-refractivity contribution < 1.29 is 9.53 Å². The summed E-state index contributed by atoms with van der Waals surface area (Å²) in [5, 5.41) is 12.3. The van der Waals surface area contributed by atoms with E-state index >= 15 is 0 Å². The van der Waals surface area contributed by atoms with Gasteiger partial charge in [0.05, 0.1) is 12.8 Å². The van der Waals surface area contributed by atoms with Gasteiger partial charge in [-0.25, -0.2) is 4.98 Å². The van der Waals surface area contributed by atoms with Gasteiger partial charge in [0, 0.05) is 36.4 Å². The Morgan fingerprint density at radius 2 is 1.87 bits per heavy atom. The van der Waals surface area contributed by atoms with Crippen LogP contribution in [0.1, 0.15) is 12.6 Å². The second-order valence-electron chi connectivity index (χ2n) is 6.69. The highest BCUT2D eigenvalue weighted by atomic mass is 32.2. The lowest BCUT2D eigenvalue weighted by atomic mass is 10.2. The summed E-state index contributed by atoms with van der Waals surface area (Å²) in [5.41, 5.74) is 2.82. The summed E-state index contributed by atoms with van der Waals surface area (Å²) >= 11 is 3.01. The summed E-state index contributed by atoms with van der Waals surface area (Å²) in [4.78, 5) is 17.7. The maximum atomic E-state index is 11.6. The average molecular weight is 452 g/mol. The molecule has 0 aliphatic heterocycles. The van der Waals surface area contributed by atoms with E-state index in [1.807, 2.05) is 64.5 Å². The third-order valence-electron chi connectivity index (χ3n) is 4.64. The molecule has 0 fully saturated rings. The van der Waals surface area contributed by atoms with Crippen LogP contribution in [0.3, 0.4) is 0 Å². The van der Waals surface area contributed by atoms with E-state index in [0.29, 0.717) is 10.9 Å². The summed E-state index contributed by atoms with van der Waals surface area (Å²) in [6.45, 7) is 1.53. The first-order chi connectivity index (χ1) is 15.1. The summed E-state index contributed by atoms with van der Waals surface area (Å²) in [6, 6.07) is 17.8. The quantitative estimate of drug-likeness (QED) is 0.380. The van der Waals surface area contributed by atoms with Crippen molar-refractivity contribution in [3.8, 4) is 22.8 Å². The van der Waals surface area contributed by atoms with Crippen LogP contribution in [0.5, 0.6) is 5.75 Å². The summed E-state index contributed by atoms with van der Waals surface area (Å²) < 4.78 is 7.31. The molecule has 0 unspecified atom stereocenters. The van der Waals surface area contributed by atoms with Crippen molar-refractivity contribution in [1.82, 2.24) is 19.7 Å². The molecule has 0 radical (unpaired) electrons. The number of rotatable bonds is 7. The number of hydrogen-bond donors (Lipinski definition) is 0. The maximum absolute atomic E-state index is 11.6. The molecular weight excluding hydrogens is 430 g/mol. The molecule has 158 valence electrons. The molecule has 0 bridgehead atoms. The first-order valence-electron chi connectivity index (χ1n) is 9.53. The fourth-order valence-electron chi connectivity index (χ4n) is 2.89. The number of methoxy groups -OCH3 is 1. The van der Waals surface area contributed by atoms with Gasteiger partial charge in [-0.1, -0.05) is 30.0 Å². The van der Waals surface area contributed by atoms with E-state index in [2.05, 4.69) is 15.2 Å². The zero-order chi connectivity index (χ0) is 21.8. The van der Waals surface area contributed by atoms with E-state index in [1.165, 1.54) is 18.3 Å². The van der Waals surface area contributed by atoms with Gasteiger partial charge in [0.15, 0.2) is 16.1 Å². The Hall–Kier alpha value is -3.17. The molecule has 2 aromatic carbocycles. The van der Waals surface area contributed by atoms with Crippen LogP contribution in [0.4, 0.5) is 5.13 Å². The molecule has 2 heterocycles. The van der Waals surface area contributed by atoms with Gasteiger partial charge in [-0.15, -0.1) is 21.5 Å². The lowest BCUT2D eigenvalue weighted by molar-refractivity contribution is -0.116. The Morgan fingerprint density at radius 3 is 2.55 bits per heavy atom. The Morgan fingerprint density at radius 1 is 1.13 bits per heavy atom. The summed E-state index contributed by atoms with van der Waals surface area (Å²) in [5.74, 6) is 2.13. The lowest BCUT2D eigenvalue weighted by Gasteiger charge is -2.11. The average Bonchev–Trinajstić information content (AvgIpc) is 3.45. The summed E-state index contributed by atoms with van der Waals surface area (Å²) in [7, 11) is 3.37. The predicted octanol–water partition coefficient (Wildman–Crippen LogP) is 4.67. The second-order valence-corrected chi connectivity index (χ2v) is 8.47. The number of hydrogen-bond acceptors (Lipinski definition) is 7. The number of anilines is 1. The molecule has 2 aromatic heterocycles. The van der Waals surface area contributed by atoms with Gasteiger partial charge < -0.3 is 4.74 Å². The first-order valence-corrected chi connectivity index (χ1v) is 11.4. The molecule has 0 saturated heterocycles. The van der Waals surface area contributed by atoms with Crippen molar-refractivity contribution in [3.05, 3.63) is 65.7 Å². The zero-order valence-corrected chi connectivity index (χ0v) is 19.0. The van der Waals surface area contributed by atoms with Crippen LogP contribution in [-0.4, -0.2) is 39.8 Å². The van der Waals surface area contributed by atoms with E-state index in [0.717, 1.165) is 33.7 Å².